The Hall–Kier alpha value is -10.1. The normalized spacial score (nSPS) is 19.3. The van der Waals surface area contributed by atoms with Gasteiger partial charge in [-0.3, -0.25) is 48.1 Å². The molecule has 6 unspecified atom stereocenters. The number of aromatic nitrogens is 1. The molecule has 5 heterocycles. The third kappa shape index (κ3) is 18.3. The Labute approximate surface area is 586 Å². The molecule has 1 aromatic heterocycles. The van der Waals surface area contributed by atoms with Gasteiger partial charge in [0.25, 0.3) is 24.0 Å². The Morgan fingerprint density at radius 3 is 2.29 bits per heavy atom. The van der Waals surface area contributed by atoms with Gasteiger partial charge in [0.15, 0.2) is 22.4 Å². The van der Waals surface area contributed by atoms with E-state index in [9.17, 15) is 48.3 Å². The van der Waals surface area contributed by atoms with Crippen LogP contribution in [0, 0.1) is 24.7 Å². The van der Waals surface area contributed by atoms with Crippen molar-refractivity contribution in [3.8, 4) is 11.5 Å². The van der Waals surface area contributed by atoms with Crippen LogP contribution in [0.4, 0.5) is 21.9 Å². The number of piperidine rings is 1. The van der Waals surface area contributed by atoms with Gasteiger partial charge in [0.2, 0.25) is 28.6 Å². The minimum atomic E-state index is -1.38. The SMILES string of the molecule is COc1c(C)c2c3c4c1c(=O)c(c1oc5cc(N6CCC([N+](C)(C)Cc7ccc(NC(=O)C(CCCNC(N)=O)NC(=O)C(NC(=O)CCCCCN8C(=O)C=CC8=O)C(C)C)cc7)CC6)cc(=O)c5nc14)NC(=O)C(C)=CC=CC(C)CCCC(C)C(OC(C)=O)CCC=COC(O2)C=3O. The van der Waals surface area contributed by atoms with Crippen LogP contribution in [0.1, 0.15) is 136 Å². The molecule has 0 saturated carbocycles. The zero-order chi connectivity index (χ0) is 73.0. The van der Waals surface area contributed by atoms with E-state index in [1.807, 2.05) is 18.2 Å². The summed E-state index contributed by atoms with van der Waals surface area (Å²) in [5.74, 6) is -3.42. The minimum Gasteiger partial charge on any atom is -0.505 e. The Balaban J connectivity index is 0.909. The summed E-state index contributed by atoms with van der Waals surface area (Å²) in [4.78, 5) is 141. The van der Waals surface area contributed by atoms with Crippen LogP contribution in [0.5, 0.6) is 11.5 Å². The fourth-order valence-electron chi connectivity index (χ4n) is 13.7. The first-order chi connectivity index (χ1) is 48.1. The number of anilines is 3. The van der Waals surface area contributed by atoms with Crippen molar-refractivity contribution in [1.29, 1.82) is 0 Å². The number of methoxy groups -OCH3 is 1. The van der Waals surface area contributed by atoms with E-state index in [2.05, 4.69) is 59.4 Å². The Morgan fingerprint density at radius 2 is 1.60 bits per heavy atom. The van der Waals surface area contributed by atoms with E-state index in [-0.39, 0.29) is 146 Å². The van der Waals surface area contributed by atoms with Crippen LogP contribution in [0.25, 0.3) is 38.7 Å². The molecule has 540 valence electrons. The van der Waals surface area contributed by atoms with E-state index >= 15 is 4.79 Å². The van der Waals surface area contributed by atoms with Crippen LogP contribution in [-0.4, -0.2) is 145 Å². The smallest absolute Gasteiger partial charge is 0.312 e. The Bertz CT molecular complexity index is 4290. The van der Waals surface area contributed by atoms with Crippen molar-refractivity contribution in [1.82, 2.24) is 25.8 Å². The number of urea groups is 1. The van der Waals surface area contributed by atoms with Crippen molar-refractivity contribution < 1.29 is 71.3 Å². The molecule has 26 nitrogen and oxygen atoms in total. The number of nitrogens with zero attached hydrogens (tertiary/aromatic N) is 4. The van der Waals surface area contributed by atoms with Crippen LogP contribution in [0.3, 0.4) is 0 Å². The van der Waals surface area contributed by atoms with Gasteiger partial charge in [-0.2, -0.15) is 0 Å². The maximum atomic E-state index is 15.3. The molecule has 0 radical (unpaired) electrons. The number of benzene rings is 4. The lowest BCUT2D eigenvalue weighted by Crippen LogP contribution is -2.54. The first-order valence-corrected chi connectivity index (χ1v) is 34.8. The van der Waals surface area contributed by atoms with E-state index in [0.29, 0.717) is 79.6 Å². The van der Waals surface area contributed by atoms with E-state index in [0.717, 1.165) is 42.6 Å². The predicted molar refractivity (Wildman–Crippen MR) is 383 cm³/mol. The summed E-state index contributed by atoms with van der Waals surface area (Å²) in [7, 11) is 5.69. The molecule has 9 rings (SSSR count). The second kappa shape index (κ2) is 33.4. The maximum absolute atomic E-state index is 15.3. The minimum absolute atomic E-state index is 0.0311. The predicted octanol–water partition coefficient (Wildman–Crippen LogP) is 8.16. The van der Waals surface area contributed by atoms with Gasteiger partial charge < -0.3 is 70.2 Å². The number of amides is 8. The fraction of sp³-hybridized carbons (Fsp3) is 0.480. The molecule has 4 aliphatic heterocycles. The number of esters is 1. The molecule has 8 amide bonds. The molecule has 4 aliphatic rings. The lowest BCUT2D eigenvalue weighted by molar-refractivity contribution is -0.928. The largest absolute Gasteiger partial charge is 0.505 e. The monoisotopic (exact) mass is 1390 g/mol. The summed E-state index contributed by atoms with van der Waals surface area (Å²) in [5, 5.41) is 26.0. The lowest BCUT2D eigenvalue weighted by atomic mass is 9.92. The quantitative estimate of drug-likeness (QED) is 0.00857. The van der Waals surface area contributed by atoms with E-state index in [1.165, 1.54) is 38.5 Å². The zero-order valence-corrected chi connectivity index (χ0v) is 59.3. The molecule has 0 spiro atoms. The van der Waals surface area contributed by atoms with Gasteiger partial charge in [0.05, 0.1) is 44.1 Å². The number of quaternary nitrogens is 1. The van der Waals surface area contributed by atoms with Crippen molar-refractivity contribution >= 4 is 103 Å². The summed E-state index contributed by atoms with van der Waals surface area (Å²) < 4.78 is 31.3. The van der Waals surface area contributed by atoms with Gasteiger partial charge in [-0.05, 0) is 101 Å². The van der Waals surface area contributed by atoms with Crippen LogP contribution in [-0.2, 0) is 49.6 Å². The number of hydrogen-bond donors (Lipinski definition) is 7. The maximum Gasteiger partial charge on any atom is 0.312 e. The number of primary amides is 1. The summed E-state index contributed by atoms with van der Waals surface area (Å²) in [5.41, 5.74) is 6.30. The highest BCUT2D eigenvalue weighted by Gasteiger charge is 2.37. The number of aliphatic hydroxyl groups is 1. The number of unbranched alkanes of at least 4 members (excludes halogenated alkanes) is 2. The van der Waals surface area contributed by atoms with Gasteiger partial charge >= 0.3 is 12.0 Å². The van der Waals surface area contributed by atoms with Gasteiger partial charge in [-0.1, -0.05) is 70.9 Å². The van der Waals surface area contributed by atoms with Crippen LogP contribution < -0.4 is 62.8 Å². The number of allylic oxidation sites excluding steroid dienone is 4. The number of imide groups is 1. The van der Waals surface area contributed by atoms with Gasteiger partial charge in [0, 0.05) is 110 Å². The standard InChI is InChI=1S/C75H94N10O16/c1-42(2)62(80-56(88)25-12-11-14-35-84-57(89)30-31-58(84)90)73(95)79-52(23-18-34-77-75(76)96)72(94)78-49-28-26-48(27-29-49)41-85(8,9)51-32-36-83(37-33-51)50-39-53(87)63-55(40-50)100-70-64(81-63)59-60-66(91)65(70)82-71(93)45(5)22-17-20-43(3)19-16-21-44(4)54(99-47(7)86)24-13-15-38-98-74-67(92)61(59)69(101-74)46(6)68(60)97-10/h15,17,20,22,26-31,38-40,42-44,51-52,54,62,74H,11-14,16,18-19,21,23-25,32-37,41H2,1-10H3,(H7-,76,77,78,79,80,81,82,87,88,89,90,91,92,93,94,95,96)/p+1. The number of nitrogens with two attached hydrogens (primary N) is 1. The number of rotatable bonds is 22. The van der Waals surface area contributed by atoms with E-state index in [4.69, 9.17) is 34.1 Å². The Morgan fingerprint density at radius 1 is 0.881 bits per heavy atom. The van der Waals surface area contributed by atoms with Crippen molar-refractivity contribution in [2.45, 2.75) is 169 Å². The first kappa shape index (κ1) is 75.1. The number of ether oxygens (including phenoxy) is 4. The topological polar surface area (TPSA) is 347 Å². The zero-order valence-electron chi connectivity index (χ0n) is 59.3. The molecule has 5 aromatic rings. The van der Waals surface area contributed by atoms with Crippen LogP contribution in [0.2, 0.25) is 0 Å². The average Bonchev–Trinajstić information content (AvgIpc) is 0.800. The van der Waals surface area contributed by atoms with Crippen molar-refractivity contribution in [2.24, 2.45) is 23.5 Å². The molecule has 26 heteroatoms. The summed E-state index contributed by atoms with van der Waals surface area (Å²) in [6, 6.07) is 8.09. The molecular formula is C75H95N10O16+. The lowest BCUT2D eigenvalue weighted by Gasteiger charge is -2.43. The second-order valence-corrected chi connectivity index (χ2v) is 27.7. The van der Waals surface area contributed by atoms with E-state index in [1.54, 1.807) is 64.1 Å². The Kier molecular flexibility index (Phi) is 24.8. The molecule has 4 aromatic carbocycles. The number of hydrogen-bond acceptors (Lipinski definition) is 18. The third-order valence-corrected chi connectivity index (χ3v) is 19.4. The third-order valence-electron chi connectivity index (χ3n) is 19.4. The van der Waals surface area contributed by atoms with Crippen molar-refractivity contribution in [3.63, 3.8) is 0 Å². The van der Waals surface area contributed by atoms with Crippen LogP contribution in [0.15, 0.2) is 98.7 Å². The highest BCUT2D eigenvalue weighted by atomic mass is 16.7. The molecule has 8 N–H and O–H groups in total. The molecule has 101 heavy (non-hydrogen) atoms. The van der Waals surface area contributed by atoms with Crippen LogP contribution >= 0.6 is 0 Å². The molecule has 1 fully saturated rings. The summed E-state index contributed by atoms with van der Waals surface area (Å²) in [6.07, 6.45) is 16.5. The first-order valence-electron chi connectivity index (χ1n) is 34.8. The van der Waals surface area contributed by atoms with Gasteiger partial charge in [0.1, 0.15) is 47.4 Å². The number of carbonyl (C=O) groups is 8. The molecule has 6 atom stereocenters. The highest BCUT2D eigenvalue weighted by Crippen LogP contribution is 2.41. The number of aliphatic hydroxyl groups excluding tert-OH is 1. The number of fused-ring (bicyclic) bond motifs is 5. The van der Waals surface area contributed by atoms with Crippen molar-refractivity contribution in [3.05, 3.63) is 121 Å². The van der Waals surface area contributed by atoms with Crippen molar-refractivity contribution in [2.75, 3.05) is 62.9 Å². The fourth-order valence-corrected chi connectivity index (χ4v) is 13.7. The summed E-state index contributed by atoms with van der Waals surface area (Å²) in [6.45, 7) is 14.5. The highest BCUT2D eigenvalue weighted by molar-refractivity contribution is 6.17. The number of carbonyl (C=O) groups excluding carboxylic acids is 8. The summed E-state index contributed by atoms with van der Waals surface area (Å²) >= 11 is 0. The molecular weight excluding hydrogens is 1300 g/mol. The molecule has 0 aliphatic carbocycles. The molecule has 5 bridgehead atoms. The molecule has 1 saturated heterocycles. The van der Waals surface area contributed by atoms with E-state index < -0.39 is 53.0 Å². The average molecular weight is 1390 g/mol. The second-order valence-electron chi connectivity index (χ2n) is 27.7. The van der Waals surface area contributed by atoms with Gasteiger partial charge in [-0.15, -0.1) is 0 Å². The van der Waals surface area contributed by atoms with Gasteiger partial charge in [-0.25, -0.2) is 9.78 Å². The number of nitrogens with one attached hydrogen (secondary N) is 5.